The van der Waals surface area contributed by atoms with Crippen molar-refractivity contribution < 1.29 is 34.2 Å². The number of nitrogens with two attached hydrogens (primary N) is 1. The Hall–Kier alpha value is -3.18. The van der Waals surface area contributed by atoms with Crippen molar-refractivity contribution in [2.75, 3.05) is 6.54 Å². The third-order valence-electron chi connectivity index (χ3n) is 6.42. The maximum absolute atomic E-state index is 12.2. The molecular formula is C27H49N5O7. The molecule has 0 fully saturated rings. The number of nitrogens with zero attached hydrogens (tertiary/aromatic N) is 1. The smallest absolute Gasteiger partial charge is 0.327 e. The Kier molecular flexibility index (Phi) is 22.0. The molecule has 0 aliphatic rings. The van der Waals surface area contributed by atoms with Crippen LogP contribution in [0.25, 0.3) is 0 Å². The van der Waals surface area contributed by atoms with E-state index < -0.39 is 29.9 Å². The average Bonchev–Trinajstić information content (AvgIpc) is 2.87. The molecule has 0 aliphatic heterocycles. The third-order valence-corrected chi connectivity index (χ3v) is 6.42. The van der Waals surface area contributed by atoms with Crippen molar-refractivity contribution in [3.05, 3.63) is 0 Å². The van der Waals surface area contributed by atoms with E-state index in [-0.39, 0.29) is 31.1 Å². The van der Waals surface area contributed by atoms with Gasteiger partial charge in [-0.2, -0.15) is 5.10 Å². The first-order chi connectivity index (χ1) is 18.7. The zero-order valence-electron chi connectivity index (χ0n) is 23.3. The molecule has 39 heavy (non-hydrogen) atoms. The zero-order chi connectivity index (χ0) is 29.3. The molecule has 12 heteroatoms. The molecular weight excluding hydrogens is 506 g/mol. The fourth-order valence-electron chi connectivity index (χ4n) is 4.12. The lowest BCUT2D eigenvalue weighted by Crippen LogP contribution is -2.45. The molecule has 0 saturated carbocycles. The van der Waals surface area contributed by atoms with Crippen LogP contribution in [-0.2, 0) is 24.0 Å². The number of nitrogens with one attached hydrogen (secondary N) is 3. The molecule has 2 atom stereocenters. The maximum Gasteiger partial charge on any atom is 0.327 e. The van der Waals surface area contributed by atoms with Gasteiger partial charge in [0.15, 0.2) is 0 Å². The van der Waals surface area contributed by atoms with E-state index in [2.05, 4.69) is 27.9 Å². The lowest BCUT2D eigenvalue weighted by Gasteiger charge is -2.15. The fraction of sp³-hybridized carbons (Fsp3) is 0.778. The second-order valence-corrected chi connectivity index (χ2v) is 9.87. The van der Waals surface area contributed by atoms with E-state index in [1.54, 1.807) is 0 Å². The molecule has 0 aliphatic carbocycles. The summed E-state index contributed by atoms with van der Waals surface area (Å²) in [6, 6.07) is -1.72. The van der Waals surface area contributed by atoms with Crippen molar-refractivity contribution in [1.82, 2.24) is 16.1 Å². The van der Waals surface area contributed by atoms with Crippen LogP contribution in [0.15, 0.2) is 5.10 Å². The van der Waals surface area contributed by atoms with E-state index in [9.17, 15) is 24.0 Å². The number of carboxylic acids is 2. The van der Waals surface area contributed by atoms with Crippen molar-refractivity contribution in [2.45, 2.75) is 128 Å². The van der Waals surface area contributed by atoms with Gasteiger partial charge in [0.1, 0.15) is 12.1 Å². The van der Waals surface area contributed by atoms with E-state index >= 15 is 0 Å². The van der Waals surface area contributed by atoms with Crippen molar-refractivity contribution in [2.24, 2.45) is 10.8 Å². The number of hydrogen-bond acceptors (Lipinski definition) is 7. The van der Waals surface area contributed by atoms with Gasteiger partial charge in [0.25, 0.3) is 0 Å². The second kappa shape index (κ2) is 23.9. The Morgan fingerprint density at radius 2 is 1.21 bits per heavy atom. The molecule has 7 N–H and O–H groups in total. The largest absolute Gasteiger partial charge is 0.481 e. The van der Waals surface area contributed by atoms with Crippen LogP contribution in [0.3, 0.4) is 0 Å². The normalized spacial score (nSPS) is 12.2. The summed E-state index contributed by atoms with van der Waals surface area (Å²) >= 11 is 0. The average molecular weight is 556 g/mol. The minimum Gasteiger partial charge on any atom is -0.481 e. The van der Waals surface area contributed by atoms with Crippen LogP contribution in [0, 0.1) is 0 Å². The van der Waals surface area contributed by atoms with Crippen molar-refractivity contribution in [3.8, 4) is 0 Å². The Balaban J connectivity index is 3.85. The summed E-state index contributed by atoms with van der Waals surface area (Å²) in [6.45, 7) is 3.58. The van der Waals surface area contributed by atoms with Gasteiger partial charge in [-0.1, -0.05) is 57.8 Å². The van der Waals surface area contributed by atoms with Gasteiger partial charge in [-0.3, -0.25) is 24.6 Å². The molecule has 0 bridgehead atoms. The number of aliphatic carboxylic acids is 2. The van der Waals surface area contributed by atoms with Gasteiger partial charge in [-0.05, 0) is 38.5 Å². The summed E-state index contributed by atoms with van der Waals surface area (Å²) in [6.07, 6.45) is 13.5. The lowest BCUT2D eigenvalue weighted by molar-refractivity contribution is -0.140. The third kappa shape index (κ3) is 22.5. The Labute approximate surface area is 231 Å². The van der Waals surface area contributed by atoms with Gasteiger partial charge in [0.05, 0.1) is 0 Å². The van der Waals surface area contributed by atoms with Crippen LogP contribution in [0.4, 0.5) is 0 Å². The Morgan fingerprint density at radius 1 is 0.667 bits per heavy atom. The highest BCUT2D eigenvalue weighted by Gasteiger charge is 2.19. The highest BCUT2D eigenvalue weighted by Crippen LogP contribution is 2.12. The summed E-state index contributed by atoms with van der Waals surface area (Å²) < 4.78 is 0. The molecule has 3 amide bonds. The molecule has 0 rings (SSSR count). The molecule has 0 aromatic carbocycles. The standard InChI is InChI=1S/C27H49N5O7/c1-29-32-22(27(38)39)15-13-14-20-30-23(33)19-18-21(26(28)37)31-24(34)16-11-9-7-5-3-2-4-6-8-10-12-17-25(35)36/h21-22,32H,1-20H2,(H2,28,37)(H,30,33)(H,31,34)(H,35,36)(H,38,39)/t21-,22-/m0/s1. The lowest BCUT2D eigenvalue weighted by atomic mass is 10.0. The summed E-state index contributed by atoms with van der Waals surface area (Å²) in [4.78, 5) is 57.4. The highest BCUT2D eigenvalue weighted by molar-refractivity contribution is 5.87. The number of carboxylic acid groups (broad SMARTS) is 2. The van der Waals surface area contributed by atoms with Crippen LogP contribution in [0.5, 0.6) is 0 Å². The summed E-state index contributed by atoms with van der Waals surface area (Å²) in [7, 11) is 0. The molecule has 0 heterocycles. The number of hydrazone groups is 1. The van der Waals surface area contributed by atoms with E-state index in [0.717, 1.165) is 57.8 Å². The summed E-state index contributed by atoms with van der Waals surface area (Å²) in [5, 5.41) is 26.4. The van der Waals surface area contributed by atoms with Crippen molar-refractivity contribution in [3.63, 3.8) is 0 Å². The number of hydrogen-bond donors (Lipinski definition) is 6. The molecule has 224 valence electrons. The van der Waals surface area contributed by atoms with Gasteiger partial charge < -0.3 is 26.6 Å². The number of amides is 3. The van der Waals surface area contributed by atoms with E-state index in [0.29, 0.717) is 32.2 Å². The Morgan fingerprint density at radius 3 is 1.69 bits per heavy atom. The first-order valence-electron chi connectivity index (χ1n) is 14.2. The fourth-order valence-corrected chi connectivity index (χ4v) is 4.12. The zero-order valence-corrected chi connectivity index (χ0v) is 23.3. The molecule has 0 aromatic heterocycles. The van der Waals surface area contributed by atoms with Gasteiger partial charge in [0.2, 0.25) is 17.7 Å². The monoisotopic (exact) mass is 555 g/mol. The quantitative estimate of drug-likeness (QED) is 0.0504. The van der Waals surface area contributed by atoms with E-state index in [1.807, 2.05) is 0 Å². The van der Waals surface area contributed by atoms with Crippen LogP contribution < -0.4 is 21.8 Å². The number of primary amides is 1. The number of unbranched alkanes of at least 4 members (excludes halogenated alkanes) is 11. The number of carbonyl (C=O) groups excluding carboxylic acids is 3. The number of rotatable bonds is 27. The van der Waals surface area contributed by atoms with Crippen molar-refractivity contribution in [1.29, 1.82) is 0 Å². The SMILES string of the molecule is C=NN[C@@H](CCCCNC(=O)CC[C@H](NC(=O)CCCCCCCCCCCCCC(=O)O)C(N)=O)C(=O)O. The van der Waals surface area contributed by atoms with Gasteiger partial charge in [-0.25, -0.2) is 4.79 Å². The van der Waals surface area contributed by atoms with Crippen LogP contribution in [0.2, 0.25) is 0 Å². The van der Waals surface area contributed by atoms with Crippen LogP contribution in [0.1, 0.15) is 116 Å². The minimum absolute atomic E-state index is 0.0376. The van der Waals surface area contributed by atoms with Gasteiger partial charge >= 0.3 is 11.9 Å². The molecule has 0 radical (unpaired) electrons. The predicted molar refractivity (Wildman–Crippen MR) is 149 cm³/mol. The summed E-state index contributed by atoms with van der Waals surface area (Å²) in [5.74, 6) is -2.94. The second-order valence-electron chi connectivity index (χ2n) is 9.87. The first kappa shape index (κ1) is 35.8. The first-order valence-corrected chi connectivity index (χ1v) is 14.2. The topological polar surface area (TPSA) is 200 Å². The molecule has 0 spiro atoms. The van der Waals surface area contributed by atoms with Crippen LogP contribution >= 0.6 is 0 Å². The minimum atomic E-state index is -1.02. The van der Waals surface area contributed by atoms with Gasteiger partial charge in [-0.15, -0.1) is 0 Å². The molecule has 12 nitrogen and oxygen atoms in total. The predicted octanol–water partition coefficient (Wildman–Crippen LogP) is 2.84. The molecule has 0 unspecified atom stereocenters. The van der Waals surface area contributed by atoms with Crippen molar-refractivity contribution >= 4 is 36.4 Å². The maximum atomic E-state index is 12.2. The highest BCUT2D eigenvalue weighted by atomic mass is 16.4. The van der Waals surface area contributed by atoms with Gasteiger partial charge in [0, 0.05) is 32.5 Å². The summed E-state index contributed by atoms with van der Waals surface area (Å²) in [5.41, 5.74) is 7.81. The van der Waals surface area contributed by atoms with E-state index in [1.165, 1.54) is 12.8 Å². The van der Waals surface area contributed by atoms with E-state index in [4.69, 9.17) is 15.9 Å². The molecule has 0 saturated heterocycles. The number of carbonyl (C=O) groups is 5. The molecule has 0 aromatic rings. The Bertz CT molecular complexity index is 748. The van der Waals surface area contributed by atoms with Crippen LogP contribution in [-0.4, -0.2) is 65.2 Å².